The molecule has 2 nitrogen and oxygen atoms in total. The molecule has 3 N–H and O–H groups in total. The minimum Gasteiger partial charge on any atom is -0.507 e. The SMILES string of the molecule is CC(C)(C)c1cc([C@@H](N)CCF)cc(C(C)(C)C)c1O. The quantitative estimate of drug-likeness (QED) is 0.865. The molecule has 0 radical (unpaired) electrons. The zero-order valence-corrected chi connectivity index (χ0v) is 13.5. The molecule has 114 valence electrons. The molecule has 1 aromatic rings. The van der Waals surface area contributed by atoms with E-state index in [2.05, 4.69) is 41.5 Å². The number of alkyl halides is 1. The maximum atomic E-state index is 12.5. The second kappa shape index (κ2) is 5.72. The third-order valence-corrected chi connectivity index (χ3v) is 3.60. The number of phenolic OH excluding ortho intramolecular Hbond substituents is 1. The first-order valence-electron chi connectivity index (χ1n) is 7.18. The van der Waals surface area contributed by atoms with Crippen LogP contribution < -0.4 is 5.73 Å². The summed E-state index contributed by atoms with van der Waals surface area (Å²) in [6.07, 6.45) is 0.304. The van der Waals surface area contributed by atoms with E-state index in [1.807, 2.05) is 12.1 Å². The highest BCUT2D eigenvalue weighted by Gasteiger charge is 2.27. The average Bonchev–Trinajstić information content (AvgIpc) is 2.26. The number of aromatic hydroxyl groups is 1. The van der Waals surface area contributed by atoms with E-state index in [9.17, 15) is 9.50 Å². The van der Waals surface area contributed by atoms with Gasteiger partial charge in [0, 0.05) is 6.04 Å². The number of phenols is 1. The van der Waals surface area contributed by atoms with Gasteiger partial charge >= 0.3 is 0 Å². The van der Waals surface area contributed by atoms with Crippen LogP contribution in [-0.2, 0) is 10.8 Å². The maximum Gasteiger partial charge on any atom is 0.123 e. The Morgan fingerprint density at radius 2 is 1.45 bits per heavy atom. The van der Waals surface area contributed by atoms with Crippen molar-refractivity contribution in [2.45, 2.75) is 64.8 Å². The summed E-state index contributed by atoms with van der Waals surface area (Å²) < 4.78 is 12.5. The largest absolute Gasteiger partial charge is 0.507 e. The van der Waals surface area contributed by atoms with Crippen LogP contribution in [0, 0.1) is 0 Å². The van der Waals surface area contributed by atoms with Crippen molar-refractivity contribution < 1.29 is 9.50 Å². The summed E-state index contributed by atoms with van der Waals surface area (Å²) in [5.74, 6) is 0.334. The molecule has 0 spiro atoms. The van der Waals surface area contributed by atoms with Crippen LogP contribution >= 0.6 is 0 Å². The first-order valence-corrected chi connectivity index (χ1v) is 7.18. The topological polar surface area (TPSA) is 46.2 Å². The van der Waals surface area contributed by atoms with Crippen LogP contribution in [0.3, 0.4) is 0 Å². The standard InChI is InChI=1S/C17H28FNO/c1-16(2,3)12-9-11(14(19)7-8-18)10-13(15(12)20)17(4,5)6/h9-10,14,20H,7-8,19H2,1-6H3/t14-/m0/s1. The Kier molecular flexibility index (Phi) is 4.86. The molecule has 0 aromatic heterocycles. The molecule has 0 unspecified atom stereocenters. The number of hydrogen-bond acceptors (Lipinski definition) is 2. The molecular weight excluding hydrogens is 253 g/mol. The molecule has 0 saturated carbocycles. The smallest absolute Gasteiger partial charge is 0.123 e. The van der Waals surface area contributed by atoms with Crippen LogP contribution in [0.15, 0.2) is 12.1 Å². The van der Waals surface area contributed by atoms with E-state index in [1.54, 1.807) is 0 Å². The molecule has 0 bridgehead atoms. The summed E-state index contributed by atoms with van der Waals surface area (Å²) in [5.41, 5.74) is 8.33. The molecule has 0 saturated heterocycles. The third kappa shape index (κ3) is 3.72. The summed E-state index contributed by atoms with van der Waals surface area (Å²) in [5, 5.41) is 10.6. The third-order valence-electron chi connectivity index (χ3n) is 3.60. The zero-order chi connectivity index (χ0) is 15.7. The summed E-state index contributed by atoms with van der Waals surface area (Å²) in [7, 11) is 0. The molecule has 0 aliphatic heterocycles. The fourth-order valence-corrected chi connectivity index (χ4v) is 2.30. The van der Waals surface area contributed by atoms with Gasteiger partial charge in [-0.3, -0.25) is 4.39 Å². The van der Waals surface area contributed by atoms with Crippen molar-refractivity contribution in [3.63, 3.8) is 0 Å². The summed E-state index contributed by atoms with van der Waals surface area (Å²) in [6.45, 7) is 11.9. The molecule has 3 heteroatoms. The van der Waals surface area contributed by atoms with Crippen molar-refractivity contribution in [2.24, 2.45) is 5.73 Å². The molecule has 0 aliphatic rings. The van der Waals surface area contributed by atoms with Crippen molar-refractivity contribution >= 4 is 0 Å². The molecule has 0 aliphatic carbocycles. The minimum atomic E-state index is -0.433. The Labute approximate surface area is 122 Å². The summed E-state index contributed by atoms with van der Waals surface area (Å²) >= 11 is 0. The van der Waals surface area contributed by atoms with Crippen LogP contribution in [-0.4, -0.2) is 11.8 Å². The molecule has 1 atom stereocenters. The van der Waals surface area contributed by atoms with Gasteiger partial charge in [0.1, 0.15) is 5.75 Å². The lowest BCUT2D eigenvalue weighted by Gasteiger charge is -2.29. The summed E-state index contributed by atoms with van der Waals surface area (Å²) in [4.78, 5) is 0. The van der Waals surface area contributed by atoms with E-state index in [0.717, 1.165) is 16.7 Å². The van der Waals surface area contributed by atoms with Crippen molar-refractivity contribution in [2.75, 3.05) is 6.67 Å². The minimum absolute atomic E-state index is 0.185. The predicted octanol–water partition coefficient (Wildman–Crippen LogP) is 4.35. The Balaban J connectivity index is 3.50. The van der Waals surface area contributed by atoms with E-state index >= 15 is 0 Å². The van der Waals surface area contributed by atoms with Gasteiger partial charge in [0.15, 0.2) is 0 Å². The van der Waals surface area contributed by atoms with Gasteiger partial charge in [0.2, 0.25) is 0 Å². The van der Waals surface area contributed by atoms with Gasteiger partial charge in [-0.2, -0.15) is 0 Å². The molecule has 1 rings (SSSR count). The van der Waals surface area contributed by atoms with Crippen LogP contribution in [0.4, 0.5) is 4.39 Å². The van der Waals surface area contributed by atoms with E-state index in [1.165, 1.54) is 0 Å². The van der Waals surface area contributed by atoms with Crippen molar-refractivity contribution in [3.05, 3.63) is 28.8 Å². The molecule has 0 fully saturated rings. The second-order valence-corrected chi connectivity index (χ2v) is 7.55. The van der Waals surface area contributed by atoms with Gasteiger partial charge < -0.3 is 10.8 Å². The first-order chi connectivity index (χ1) is 8.98. The van der Waals surface area contributed by atoms with Crippen LogP contribution in [0.25, 0.3) is 0 Å². The maximum absolute atomic E-state index is 12.5. The average molecular weight is 281 g/mol. The van der Waals surface area contributed by atoms with Crippen LogP contribution in [0.1, 0.15) is 70.7 Å². The lowest BCUT2D eigenvalue weighted by atomic mass is 9.77. The van der Waals surface area contributed by atoms with E-state index in [0.29, 0.717) is 12.2 Å². The highest BCUT2D eigenvalue weighted by atomic mass is 19.1. The Bertz CT molecular complexity index is 434. The van der Waals surface area contributed by atoms with Gasteiger partial charge in [-0.25, -0.2) is 0 Å². The number of hydrogen-bond donors (Lipinski definition) is 2. The Hall–Kier alpha value is -1.09. The molecule has 1 aromatic carbocycles. The molecule has 0 amide bonds. The van der Waals surface area contributed by atoms with Gasteiger partial charge in [0.05, 0.1) is 6.67 Å². The first kappa shape index (κ1) is 17.0. The van der Waals surface area contributed by atoms with E-state index < -0.39 is 6.67 Å². The number of benzene rings is 1. The van der Waals surface area contributed by atoms with E-state index in [4.69, 9.17) is 5.73 Å². The highest BCUT2D eigenvalue weighted by molar-refractivity contribution is 5.50. The van der Waals surface area contributed by atoms with Crippen molar-refractivity contribution in [1.29, 1.82) is 0 Å². The zero-order valence-electron chi connectivity index (χ0n) is 13.5. The molecule has 0 heterocycles. The van der Waals surface area contributed by atoms with Gasteiger partial charge in [-0.1, -0.05) is 53.7 Å². The van der Waals surface area contributed by atoms with Gasteiger partial charge in [-0.05, 0) is 33.9 Å². The van der Waals surface area contributed by atoms with Crippen LogP contribution in [0.2, 0.25) is 0 Å². The number of nitrogens with two attached hydrogens (primary N) is 1. The Morgan fingerprint density at radius 3 is 1.75 bits per heavy atom. The second-order valence-electron chi connectivity index (χ2n) is 7.55. The van der Waals surface area contributed by atoms with E-state index in [-0.39, 0.29) is 16.9 Å². The molecular formula is C17H28FNO. The number of halogens is 1. The van der Waals surface area contributed by atoms with Crippen molar-refractivity contribution in [3.8, 4) is 5.75 Å². The lowest BCUT2D eigenvalue weighted by Crippen LogP contribution is -2.20. The monoisotopic (exact) mass is 281 g/mol. The van der Waals surface area contributed by atoms with Crippen molar-refractivity contribution in [1.82, 2.24) is 0 Å². The molecule has 20 heavy (non-hydrogen) atoms. The number of rotatable bonds is 3. The lowest BCUT2D eigenvalue weighted by molar-refractivity contribution is 0.419. The predicted molar refractivity (Wildman–Crippen MR) is 83.0 cm³/mol. The van der Waals surface area contributed by atoms with Crippen LogP contribution in [0.5, 0.6) is 5.75 Å². The fourth-order valence-electron chi connectivity index (χ4n) is 2.30. The summed E-state index contributed by atoms with van der Waals surface area (Å²) in [6, 6.07) is 3.51. The normalized spacial score (nSPS) is 14.4. The Morgan fingerprint density at radius 1 is 1.05 bits per heavy atom. The fraction of sp³-hybridized carbons (Fsp3) is 0.647. The highest BCUT2D eigenvalue weighted by Crippen LogP contribution is 2.40. The van der Waals surface area contributed by atoms with Gasteiger partial charge in [0.25, 0.3) is 0 Å². The van der Waals surface area contributed by atoms with Gasteiger partial charge in [-0.15, -0.1) is 0 Å².